The summed E-state index contributed by atoms with van der Waals surface area (Å²) in [6.07, 6.45) is -4.69. The number of amides is 1. The Bertz CT molecular complexity index is 1090. The van der Waals surface area contributed by atoms with Crippen LogP contribution in [-0.4, -0.2) is 25.5 Å². The van der Waals surface area contributed by atoms with Gasteiger partial charge < -0.3 is 5.32 Å². The SMILES string of the molecule is Cc1nn(Cc2ccc(Cl)cc2)c(C)c1NC(=O)Cn1nc(C(F)(F)F)c(Cl)c1C. The average molecular weight is 460 g/mol. The van der Waals surface area contributed by atoms with Gasteiger partial charge in [0.15, 0.2) is 5.69 Å². The van der Waals surface area contributed by atoms with Crippen LogP contribution < -0.4 is 5.32 Å². The van der Waals surface area contributed by atoms with E-state index in [1.807, 2.05) is 12.1 Å². The van der Waals surface area contributed by atoms with Crippen molar-refractivity contribution in [3.8, 4) is 0 Å². The largest absolute Gasteiger partial charge is 0.436 e. The first-order valence-electron chi connectivity index (χ1n) is 8.85. The molecule has 3 aromatic rings. The molecule has 2 aromatic heterocycles. The Labute approximate surface area is 180 Å². The van der Waals surface area contributed by atoms with Gasteiger partial charge in [-0.25, -0.2) is 0 Å². The minimum atomic E-state index is -4.69. The second-order valence-electron chi connectivity index (χ2n) is 6.78. The lowest BCUT2D eigenvalue weighted by Gasteiger charge is -2.08. The Morgan fingerprint density at radius 2 is 1.67 bits per heavy atom. The van der Waals surface area contributed by atoms with Gasteiger partial charge in [-0.15, -0.1) is 0 Å². The minimum Gasteiger partial charge on any atom is -0.321 e. The van der Waals surface area contributed by atoms with E-state index in [9.17, 15) is 18.0 Å². The van der Waals surface area contributed by atoms with Crippen LogP contribution in [0.3, 0.4) is 0 Å². The average Bonchev–Trinajstić information content (AvgIpc) is 3.08. The standard InChI is InChI=1S/C19H18Cl2F3N5O/c1-10-17(12(3)28(26-10)8-13-4-6-14(20)7-5-13)25-15(30)9-29-11(2)16(21)18(27-29)19(22,23)24/h4-7H,8-9H2,1-3H3,(H,25,30). The molecular formula is C19H18Cl2F3N5O. The number of benzene rings is 1. The summed E-state index contributed by atoms with van der Waals surface area (Å²) < 4.78 is 41.5. The summed E-state index contributed by atoms with van der Waals surface area (Å²) in [6, 6.07) is 7.30. The van der Waals surface area contributed by atoms with E-state index in [0.717, 1.165) is 10.2 Å². The zero-order valence-corrected chi connectivity index (χ0v) is 17.8. The molecule has 3 rings (SSSR count). The van der Waals surface area contributed by atoms with Crippen LogP contribution in [0.15, 0.2) is 24.3 Å². The maximum Gasteiger partial charge on any atom is 0.436 e. The topological polar surface area (TPSA) is 64.7 Å². The molecule has 0 unspecified atom stereocenters. The van der Waals surface area contributed by atoms with Gasteiger partial charge in [-0.05, 0) is 38.5 Å². The van der Waals surface area contributed by atoms with Crippen molar-refractivity contribution in [3.05, 3.63) is 62.6 Å². The number of nitrogens with zero attached hydrogens (tertiary/aromatic N) is 4. The van der Waals surface area contributed by atoms with E-state index in [1.165, 1.54) is 6.92 Å². The highest BCUT2D eigenvalue weighted by Crippen LogP contribution is 2.35. The van der Waals surface area contributed by atoms with E-state index in [-0.39, 0.29) is 5.69 Å². The van der Waals surface area contributed by atoms with E-state index in [2.05, 4.69) is 15.5 Å². The van der Waals surface area contributed by atoms with Gasteiger partial charge in [0.05, 0.1) is 34.3 Å². The fraction of sp³-hybridized carbons (Fsp3) is 0.316. The number of hydrogen-bond acceptors (Lipinski definition) is 3. The van der Waals surface area contributed by atoms with Crippen molar-refractivity contribution in [3.63, 3.8) is 0 Å². The van der Waals surface area contributed by atoms with Crippen LogP contribution in [0.5, 0.6) is 0 Å². The lowest BCUT2D eigenvalue weighted by Crippen LogP contribution is -2.21. The molecule has 160 valence electrons. The predicted octanol–water partition coefficient (Wildman–Crippen LogP) is 5.02. The molecule has 1 amide bonds. The van der Waals surface area contributed by atoms with Gasteiger partial charge >= 0.3 is 6.18 Å². The smallest absolute Gasteiger partial charge is 0.321 e. The van der Waals surface area contributed by atoms with Crippen LogP contribution >= 0.6 is 23.2 Å². The molecule has 0 aliphatic carbocycles. The quantitative estimate of drug-likeness (QED) is 0.582. The Balaban J connectivity index is 1.76. The third-order valence-electron chi connectivity index (χ3n) is 4.59. The molecule has 11 heteroatoms. The van der Waals surface area contributed by atoms with Crippen LogP contribution in [-0.2, 0) is 24.1 Å². The van der Waals surface area contributed by atoms with Gasteiger partial charge in [0.2, 0.25) is 5.91 Å². The van der Waals surface area contributed by atoms with Gasteiger partial charge in [0.1, 0.15) is 6.54 Å². The van der Waals surface area contributed by atoms with Crippen molar-refractivity contribution in [1.29, 1.82) is 0 Å². The molecule has 0 spiro atoms. The van der Waals surface area contributed by atoms with Crippen LogP contribution in [0.4, 0.5) is 18.9 Å². The summed E-state index contributed by atoms with van der Waals surface area (Å²) in [6.45, 7) is 4.96. The molecule has 1 N–H and O–H groups in total. The van der Waals surface area contributed by atoms with Gasteiger partial charge in [-0.1, -0.05) is 35.3 Å². The Hall–Kier alpha value is -2.52. The van der Waals surface area contributed by atoms with Gasteiger partial charge in [-0.2, -0.15) is 23.4 Å². The third-order valence-corrected chi connectivity index (χ3v) is 5.29. The molecule has 0 aliphatic rings. The van der Waals surface area contributed by atoms with Crippen LogP contribution in [0.2, 0.25) is 10.0 Å². The van der Waals surface area contributed by atoms with Crippen molar-refractivity contribution >= 4 is 34.8 Å². The van der Waals surface area contributed by atoms with Crippen LogP contribution in [0, 0.1) is 20.8 Å². The molecule has 0 fully saturated rings. The number of anilines is 1. The van der Waals surface area contributed by atoms with E-state index in [4.69, 9.17) is 23.2 Å². The third kappa shape index (κ3) is 4.62. The molecule has 0 atom stereocenters. The van der Waals surface area contributed by atoms with Crippen molar-refractivity contribution in [2.24, 2.45) is 0 Å². The van der Waals surface area contributed by atoms with E-state index < -0.39 is 29.3 Å². The highest BCUT2D eigenvalue weighted by molar-refractivity contribution is 6.32. The molecule has 0 saturated carbocycles. The van der Waals surface area contributed by atoms with Crippen molar-refractivity contribution in [2.75, 3.05) is 5.32 Å². The fourth-order valence-corrected chi connectivity index (χ4v) is 3.34. The van der Waals surface area contributed by atoms with Crippen molar-refractivity contribution in [2.45, 2.75) is 40.0 Å². The lowest BCUT2D eigenvalue weighted by molar-refractivity contribution is -0.141. The maximum absolute atomic E-state index is 13.0. The zero-order valence-electron chi connectivity index (χ0n) is 16.3. The monoisotopic (exact) mass is 459 g/mol. The second kappa shape index (κ2) is 8.31. The number of aromatic nitrogens is 4. The summed E-state index contributed by atoms with van der Waals surface area (Å²) in [5, 5.41) is 10.7. The number of aryl methyl sites for hydroxylation is 1. The first kappa shape index (κ1) is 22.2. The summed E-state index contributed by atoms with van der Waals surface area (Å²) in [5.41, 5.74) is 1.62. The van der Waals surface area contributed by atoms with E-state index in [0.29, 0.717) is 28.6 Å². The Morgan fingerprint density at radius 3 is 2.23 bits per heavy atom. The molecular weight excluding hydrogens is 442 g/mol. The number of nitrogens with one attached hydrogen (secondary N) is 1. The van der Waals surface area contributed by atoms with Crippen molar-refractivity contribution in [1.82, 2.24) is 19.6 Å². The Kier molecular flexibility index (Phi) is 6.14. The molecule has 30 heavy (non-hydrogen) atoms. The first-order valence-corrected chi connectivity index (χ1v) is 9.61. The van der Waals surface area contributed by atoms with Gasteiger partial charge in [0, 0.05) is 5.02 Å². The van der Waals surface area contributed by atoms with Gasteiger partial charge in [0.25, 0.3) is 0 Å². The Morgan fingerprint density at radius 1 is 1.03 bits per heavy atom. The molecule has 2 heterocycles. The lowest BCUT2D eigenvalue weighted by atomic mass is 10.2. The number of carbonyl (C=O) groups is 1. The summed E-state index contributed by atoms with van der Waals surface area (Å²) in [7, 11) is 0. The van der Waals surface area contributed by atoms with E-state index >= 15 is 0 Å². The molecule has 6 nitrogen and oxygen atoms in total. The van der Waals surface area contributed by atoms with E-state index in [1.54, 1.807) is 30.7 Å². The predicted molar refractivity (Wildman–Crippen MR) is 108 cm³/mol. The summed E-state index contributed by atoms with van der Waals surface area (Å²) in [5.74, 6) is -0.539. The van der Waals surface area contributed by atoms with Crippen molar-refractivity contribution < 1.29 is 18.0 Å². The molecule has 0 saturated heterocycles. The second-order valence-corrected chi connectivity index (χ2v) is 7.60. The molecule has 0 radical (unpaired) electrons. The highest BCUT2D eigenvalue weighted by Gasteiger charge is 2.38. The van der Waals surface area contributed by atoms with Gasteiger partial charge in [-0.3, -0.25) is 14.2 Å². The summed E-state index contributed by atoms with van der Waals surface area (Å²) >= 11 is 11.6. The molecule has 1 aromatic carbocycles. The normalized spacial score (nSPS) is 11.7. The number of alkyl halides is 3. The minimum absolute atomic E-state index is 0.0611. The number of hydrogen-bond donors (Lipinski definition) is 1. The molecule has 0 bridgehead atoms. The van der Waals surface area contributed by atoms with Crippen LogP contribution in [0.25, 0.3) is 0 Å². The first-order chi connectivity index (χ1) is 14.0. The number of halogens is 5. The van der Waals surface area contributed by atoms with Crippen LogP contribution in [0.1, 0.15) is 28.3 Å². The highest BCUT2D eigenvalue weighted by atomic mass is 35.5. The summed E-state index contributed by atoms with van der Waals surface area (Å²) in [4.78, 5) is 12.5. The maximum atomic E-state index is 13.0. The number of rotatable bonds is 5. The molecule has 0 aliphatic heterocycles. The zero-order chi connectivity index (χ0) is 22.2. The number of carbonyl (C=O) groups excluding carboxylic acids is 1. The fourth-order valence-electron chi connectivity index (χ4n) is 2.97.